The maximum absolute atomic E-state index is 12.8. The Labute approximate surface area is 131 Å². The first-order chi connectivity index (χ1) is 10.8. The summed E-state index contributed by atoms with van der Waals surface area (Å²) in [6.45, 7) is 4.06. The van der Waals surface area contributed by atoms with Crippen LogP contribution in [0.4, 0.5) is 0 Å². The molecule has 3 rings (SSSR count). The summed E-state index contributed by atoms with van der Waals surface area (Å²) < 4.78 is 11.3. The monoisotopic (exact) mass is 304 g/mol. The van der Waals surface area contributed by atoms with Crippen molar-refractivity contribution in [2.24, 2.45) is 0 Å². The summed E-state index contributed by atoms with van der Waals surface area (Å²) in [7, 11) is 0. The molecule has 0 radical (unpaired) electrons. The second kappa shape index (κ2) is 7.72. The molecule has 120 valence electrons. The fraction of sp³-hybridized carbons (Fsp3) is 0.588. The Bertz CT molecular complexity index is 468. The number of amides is 1. The van der Waals surface area contributed by atoms with Crippen molar-refractivity contribution in [1.82, 2.24) is 10.2 Å². The van der Waals surface area contributed by atoms with Gasteiger partial charge >= 0.3 is 0 Å². The summed E-state index contributed by atoms with van der Waals surface area (Å²) in [4.78, 5) is 14.7. The molecule has 1 N–H and O–H groups in total. The van der Waals surface area contributed by atoms with Crippen molar-refractivity contribution in [3.8, 4) is 0 Å². The lowest BCUT2D eigenvalue weighted by Crippen LogP contribution is -2.50. The molecule has 2 aliphatic heterocycles. The van der Waals surface area contributed by atoms with Gasteiger partial charge < -0.3 is 19.7 Å². The number of ether oxygens (including phenoxy) is 2. The van der Waals surface area contributed by atoms with Gasteiger partial charge in [0.25, 0.3) is 5.91 Å². The molecule has 2 heterocycles. The predicted octanol–water partition coefficient (Wildman–Crippen LogP) is 1.18. The Kier molecular flexibility index (Phi) is 5.43. The number of carbonyl (C=O) groups is 1. The molecule has 2 aliphatic rings. The Morgan fingerprint density at radius 3 is 2.77 bits per heavy atom. The summed E-state index contributed by atoms with van der Waals surface area (Å²) in [6.07, 6.45) is 1.89. The van der Waals surface area contributed by atoms with Crippen LogP contribution in [0.2, 0.25) is 0 Å². The minimum Gasteiger partial charge on any atom is -0.376 e. The molecule has 0 aliphatic carbocycles. The summed E-state index contributed by atoms with van der Waals surface area (Å²) in [6, 6.07) is 10.1. The van der Waals surface area contributed by atoms with Crippen molar-refractivity contribution in [3.05, 3.63) is 35.9 Å². The van der Waals surface area contributed by atoms with E-state index in [1.54, 1.807) is 0 Å². The fourth-order valence-corrected chi connectivity index (χ4v) is 3.00. The largest absolute Gasteiger partial charge is 0.376 e. The van der Waals surface area contributed by atoms with Gasteiger partial charge in [-0.1, -0.05) is 30.3 Å². The summed E-state index contributed by atoms with van der Waals surface area (Å²) in [5.74, 6) is 0.0616. The third-order valence-electron chi connectivity index (χ3n) is 4.18. The number of benzene rings is 1. The van der Waals surface area contributed by atoms with Crippen LogP contribution in [0, 0.1) is 0 Å². The smallest absolute Gasteiger partial charge is 0.253 e. The average molecular weight is 304 g/mol. The lowest BCUT2D eigenvalue weighted by Gasteiger charge is -2.31. The summed E-state index contributed by atoms with van der Waals surface area (Å²) in [5.41, 5.74) is 1.14. The van der Waals surface area contributed by atoms with Gasteiger partial charge in [0.2, 0.25) is 0 Å². The number of hydrogen-bond donors (Lipinski definition) is 1. The van der Waals surface area contributed by atoms with E-state index in [0.717, 1.165) is 31.6 Å². The number of nitrogens with one attached hydrogen (secondary N) is 1. The van der Waals surface area contributed by atoms with E-state index in [-0.39, 0.29) is 18.1 Å². The van der Waals surface area contributed by atoms with E-state index in [1.165, 1.54) is 0 Å². The number of morpholine rings is 1. The Balaban J connectivity index is 1.67. The minimum atomic E-state index is -0.376. The van der Waals surface area contributed by atoms with Crippen molar-refractivity contribution >= 4 is 5.91 Å². The summed E-state index contributed by atoms with van der Waals surface area (Å²) in [5, 5.41) is 3.22. The van der Waals surface area contributed by atoms with Gasteiger partial charge in [0.05, 0.1) is 12.7 Å². The molecule has 1 aromatic carbocycles. The van der Waals surface area contributed by atoms with Crippen LogP contribution >= 0.6 is 0 Å². The third kappa shape index (κ3) is 4.06. The zero-order valence-corrected chi connectivity index (χ0v) is 12.9. The van der Waals surface area contributed by atoms with E-state index in [4.69, 9.17) is 9.47 Å². The number of carbonyl (C=O) groups excluding carboxylic acids is 1. The van der Waals surface area contributed by atoms with E-state index >= 15 is 0 Å². The maximum Gasteiger partial charge on any atom is 0.253 e. The first-order valence-electron chi connectivity index (χ1n) is 8.09. The van der Waals surface area contributed by atoms with Crippen molar-refractivity contribution < 1.29 is 14.3 Å². The lowest BCUT2D eigenvalue weighted by atomic mass is 10.1. The molecule has 0 saturated carbocycles. The van der Waals surface area contributed by atoms with Gasteiger partial charge in [0.1, 0.15) is 6.10 Å². The van der Waals surface area contributed by atoms with Crippen molar-refractivity contribution in [2.45, 2.75) is 31.6 Å². The van der Waals surface area contributed by atoms with E-state index < -0.39 is 0 Å². The van der Waals surface area contributed by atoms with Crippen LogP contribution in [-0.4, -0.2) is 55.9 Å². The molecule has 22 heavy (non-hydrogen) atoms. The van der Waals surface area contributed by atoms with Gasteiger partial charge in [0.15, 0.2) is 0 Å². The van der Waals surface area contributed by atoms with Crippen LogP contribution in [0.25, 0.3) is 0 Å². The second-order valence-corrected chi connectivity index (χ2v) is 5.90. The fourth-order valence-electron chi connectivity index (χ4n) is 3.00. The van der Waals surface area contributed by atoms with Gasteiger partial charge in [-0.2, -0.15) is 0 Å². The number of rotatable bonds is 5. The Morgan fingerprint density at radius 1 is 1.23 bits per heavy atom. The topological polar surface area (TPSA) is 50.8 Å². The second-order valence-electron chi connectivity index (χ2n) is 5.90. The number of nitrogens with zero attached hydrogens (tertiary/aromatic N) is 1. The standard InChI is InChI=1S/C17H24N2O3/c20-17(16-11-18-8-10-22-16)19(13-15-7-4-9-21-15)12-14-5-2-1-3-6-14/h1-3,5-6,15-16,18H,4,7-13H2. The normalized spacial score (nSPS) is 25.1. The molecule has 2 saturated heterocycles. The van der Waals surface area contributed by atoms with Gasteiger partial charge in [-0.15, -0.1) is 0 Å². The van der Waals surface area contributed by atoms with Gasteiger partial charge in [-0.25, -0.2) is 0 Å². The van der Waals surface area contributed by atoms with Crippen LogP contribution < -0.4 is 5.32 Å². The Hall–Kier alpha value is -1.43. The van der Waals surface area contributed by atoms with E-state index in [9.17, 15) is 4.79 Å². The van der Waals surface area contributed by atoms with Crippen molar-refractivity contribution in [2.75, 3.05) is 32.8 Å². The van der Waals surface area contributed by atoms with Crippen molar-refractivity contribution in [1.29, 1.82) is 0 Å². The first-order valence-corrected chi connectivity index (χ1v) is 8.09. The maximum atomic E-state index is 12.8. The molecule has 5 nitrogen and oxygen atoms in total. The van der Waals surface area contributed by atoms with Crippen LogP contribution in [0.1, 0.15) is 18.4 Å². The molecule has 1 amide bonds. The van der Waals surface area contributed by atoms with Crippen molar-refractivity contribution in [3.63, 3.8) is 0 Å². The van der Waals surface area contributed by atoms with Crippen LogP contribution in [-0.2, 0) is 20.8 Å². The first kappa shape index (κ1) is 15.5. The van der Waals surface area contributed by atoms with Crippen LogP contribution in [0.15, 0.2) is 30.3 Å². The third-order valence-corrected chi connectivity index (χ3v) is 4.18. The van der Waals surface area contributed by atoms with Crippen LogP contribution in [0.5, 0.6) is 0 Å². The highest BCUT2D eigenvalue weighted by Gasteiger charge is 2.29. The minimum absolute atomic E-state index is 0.0616. The average Bonchev–Trinajstić information content (AvgIpc) is 3.08. The highest BCUT2D eigenvalue weighted by molar-refractivity contribution is 5.81. The van der Waals surface area contributed by atoms with E-state index in [0.29, 0.717) is 26.2 Å². The molecule has 2 fully saturated rings. The molecular formula is C17H24N2O3. The molecule has 5 heteroatoms. The highest BCUT2D eigenvalue weighted by atomic mass is 16.5. The molecule has 2 unspecified atom stereocenters. The van der Waals surface area contributed by atoms with Gasteiger partial charge in [-0.05, 0) is 18.4 Å². The lowest BCUT2D eigenvalue weighted by molar-refractivity contribution is -0.147. The Morgan fingerprint density at radius 2 is 2.09 bits per heavy atom. The molecule has 1 aromatic rings. The molecule has 0 aromatic heterocycles. The molecular weight excluding hydrogens is 280 g/mol. The van der Waals surface area contributed by atoms with Gasteiger partial charge in [-0.3, -0.25) is 4.79 Å². The zero-order valence-electron chi connectivity index (χ0n) is 12.9. The zero-order chi connectivity index (χ0) is 15.2. The highest BCUT2D eigenvalue weighted by Crippen LogP contribution is 2.16. The summed E-state index contributed by atoms with van der Waals surface area (Å²) >= 11 is 0. The quantitative estimate of drug-likeness (QED) is 0.887. The van der Waals surface area contributed by atoms with Gasteiger partial charge in [0, 0.05) is 32.8 Å². The predicted molar refractivity (Wildman–Crippen MR) is 83.4 cm³/mol. The van der Waals surface area contributed by atoms with E-state index in [1.807, 2.05) is 23.1 Å². The SMILES string of the molecule is O=C(C1CNCCO1)N(Cc1ccccc1)CC1CCCO1. The number of hydrogen-bond acceptors (Lipinski definition) is 4. The van der Waals surface area contributed by atoms with Crippen LogP contribution in [0.3, 0.4) is 0 Å². The van der Waals surface area contributed by atoms with E-state index in [2.05, 4.69) is 17.4 Å². The molecule has 0 spiro atoms. The molecule has 0 bridgehead atoms. The molecule has 2 atom stereocenters.